The molecule has 1 amide bonds. The van der Waals surface area contributed by atoms with Gasteiger partial charge in [0.25, 0.3) is 0 Å². The van der Waals surface area contributed by atoms with Gasteiger partial charge in [-0.1, -0.05) is 18.2 Å². The number of para-hydroxylation sites is 1. The standard InChI is InChI=1S/C16H16FNOS/c1-11-4-3-5-12(2)16(11)18-15(19)10-20-14-8-6-13(17)7-9-14/h3-9H,10H2,1-2H3,(H,18,19). The van der Waals surface area contributed by atoms with Gasteiger partial charge in [0.05, 0.1) is 5.75 Å². The molecule has 0 spiro atoms. The Balaban J connectivity index is 1.94. The molecule has 104 valence electrons. The fourth-order valence-electron chi connectivity index (χ4n) is 1.87. The first-order chi connectivity index (χ1) is 9.56. The van der Waals surface area contributed by atoms with Crippen molar-refractivity contribution in [2.45, 2.75) is 18.7 Å². The van der Waals surface area contributed by atoms with Gasteiger partial charge in [0.2, 0.25) is 5.91 Å². The predicted octanol–water partition coefficient (Wildman–Crippen LogP) is 4.17. The third-order valence-corrected chi connectivity index (χ3v) is 3.94. The Hall–Kier alpha value is -1.81. The van der Waals surface area contributed by atoms with Gasteiger partial charge in [0, 0.05) is 10.6 Å². The number of nitrogens with one attached hydrogen (secondary N) is 1. The molecule has 2 nitrogen and oxygen atoms in total. The summed E-state index contributed by atoms with van der Waals surface area (Å²) in [6, 6.07) is 12.0. The number of hydrogen-bond donors (Lipinski definition) is 1. The van der Waals surface area contributed by atoms with E-state index in [2.05, 4.69) is 5.32 Å². The fourth-order valence-corrected chi connectivity index (χ4v) is 2.57. The SMILES string of the molecule is Cc1cccc(C)c1NC(=O)CSc1ccc(F)cc1. The van der Waals surface area contributed by atoms with Crippen LogP contribution in [0.2, 0.25) is 0 Å². The predicted molar refractivity (Wildman–Crippen MR) is 81.7 cm³/mol. The second-order valence-corrected chi connectivity index (χ2v) is 5.61. The zero-order valence-corrected chi connectivity index (χ0v) is 12.3. The molecule has 0 aliphatic rings. The van der Waals surface area contributed by atoms with E-state index in [1.165, 1.54) is 23.9 Å². The lowest BCUT2D eigenvalue weighted by atomic mass is 10.1. The van der Waals surface area contributed by atoms with Crippen molar-refractivity contribution < 1.29 is 9.18 Å². The average molecular weight is 289 g/mol. The van der Waals surface area contributed by atoms with Crippen LogP contribution in [0.15, 0.2) is 47.4 Å². The number of halogens is 1. The topological polar surface area (TPSA) is 29.1 Å². The van der Waals surface area contributed by atoms with E-state index in [9.17, 15) is 9.18 Å². The van der Waals surface area contributed by atoms with E-state index < -0.39 is 0 Å². The van der Waals surface area contributed by atoms with Crippen LogP contribution in [0.25, 0.3) is 0 Å². The Labute approximate surface area is 122 Å². The van der Waals surface area contributed by atoms with Gasteiger partial charge in [-0.15, -0.1) is 11.8 Å². The van der Waals surface area contributed by atoms with E-state index in [0.717, 1.165) is 21.7 Å². The fraction of sp³-hybridized carbons (Fsp3) is 0.188. The molecular weight excluding hydrogens is 273 g/mol. The van der Waals surface area contributed by atoms with Crippen LogP contribution in [0, 0.1) is 19.7 Å². The molecule has 0 fully saturated rings. The minimum absolute atomic E-state index is 0.0586. The molecule has 20 heavy (non-hydrogen) atoms. The third-order valence-electron chi connectivity index (χ3n) is 2.93. The van der Waals surface area contributed by atoms with Crippen molar-refractivity contribution in [2.24, 2.45) is 0 Å². The summed E-state index contributed by atoms with van der Waals surface area (Å²) in [5.74, 6) is -0.0228. The quantitative estimate of drug-likeness (QED) is 0.856. The highest BCUT2D eigenvalue weighted by atomic mass is 32.2. The summed E-state index contributed by atoms with van der Waals surface area (Å²) in [4.78, 5) is 12.8. The summed E-state index contributed by atoms with van der Waals surface area (Å²) < 4.78 is 12.8. The minimum Gasteiger partial charge on any atom is -0.325 e. The summed E-state index contributed by atoms with van der Waals surface area (Å²) in [5, 5.41) is 2.93. The zero-order chi connectivity index (χ0) is 14.5. The first kappa shape index (κ1) is 14.6. The number of carbonyl (C=O) groups is 1. The molecule has 0 aromatic heterocycles. The Morgan fingerprint density at radius 3 is 2.30 bits per heavy atom. The highest BCUT2D eigenvalue weighted by Crippen LogP contribution is 2.21. The van der Waals surface area contributed by atoms with Crippen LogP contribution in [0.4, 0.5) is 10.1 Å². The number of rotatable bonds is 4. The zero-order valence-electron chi connectivity index (χ0n) is 11.4. The van der Waals surface area contributed by atoms with Crippen molar-refractivity contribution in [2.75, 3.05) is 11.1 Å². The van der Waals surface area contributed by atoms with Gasteiger partial charge < -0.3 is 5.32 Å². The Morgan fingerprint density at radius 1 is 1.10 bits per heavy atom. The van der Waals surface area contributed by atoms with Crippen LogP contribution in [-0.2, 0) is 4.79 Å². The molecule has 0 atom stereocenters. The van der Waals surface area contributed by atoms with Crippen LogP contribution < -0.4 is 5.32 Å². The van der Waals surface area contributed by atoms with Crippen LogP contribution >= 0.6 is 11.8 Å². The normalized spacial score (nSPS) is 10.3. The molecule has 0 aliphatic carbocycles. The summed E-state index contributed by atoms with van der Waals surface area (Å²) in [7, 11) is 0. The molecule has 2 aromatic carbocycles. The van der Waals surface area contributed by atoms with E-state index in [1.807, 2.05) is 32.0 Å². The van der Waals surface area contributed by atoms with Crippen LogP contribution in [-0.4, -0.2) is 11.7 Å². The third kappa shape index (κ3) is 3.84. The Morgan fingerprint density at radius 2 is 1.70 bits per heavy atom. The molecule has 0 unspecified atom stereocenters. The summed E-state index contributed by atoms with van der Waals surface area (Å²) in [6.07, 6.45) is 0. The molecule has 0 bridgehead atoms. The lowest BCUT2D eigenvalue weighted by Crippen LogP contribution is -2.15. The maximum Gasteiger partial charge on any atom is 0.234 e. The van der Waals surface area contributed by atoms with Gasteiger partial charge in [0.15, 0.2) is 0 Å². The van der Waals surface area contributed by atoms with E-state index >= 15 is 0 Å². The highest BCUT2D eigenvalue weighted by Gasteiger charge is 2.07. The van der Waals surface area contributed by atoms with Crippen molar-refractivity contribution >= 4 is 23.4 Å². The molecule has 0 saturated carbocycles. The summed E-state index contributed by atoms with van der Waals surface area (Å²) in [5.41, 5.74) is 2.97. The second-order valence-electron chi connectivity index (χ2n) is 4.56. The van der Waals surface area contributed by atoms with Gasteiger partial charge >= 0.3 is 0 Å². The number of amides is 1. The maximum absolute atomic E-state index is 12.8. The van der Waals surface area contributed by atoms with Crippen LogP contribution in [0.3, 0.4) is 0 Å². The Bertz CT molecular complexity index is 590. The molecule has 2 rings (SSSR count). The van der Waals surface area contributed by atoms with Gasteiger partial charge in [-0.25, -0.2) is 4.39 Å². The second kappa shape index (κ2) is 6.57. The van der Waals surface area contributed by atoms with Crippen molar-refractivity contribution in [1.29, 1.82) is 0 Å². The molecule has 1 N–H and O–H groups in total. The molecule has 0 radical (unpaired) electrons. The minimum atomic E-state index is -0.269. The van der Waals surface area contributed by atoms with Gasteiger partial charge in [-0.05, 0) is 49.2 Å². The molecular formula is C16H16FNOS. The first-order valence-electron chi connectivity index (χ1n) is 6.30. The van der Waals surface area contributed by atoms with Crippen molar-refractivity contribution in [3.63, 3.8) is 0 Å². The number of aryl methyl sites for hydroxylation is 2. The van der Waals surface area contributed by atoms with Crippen molar-refractivity contribution in [3.05, 3.63) is 59.4 Å². The van der Waals surface area contributed by atoms with Gasteiger partial charge in [-0.2, -0.15) is 0 Å². The van der Waals surface area contributed by atoms with E-state index in [-0.39, 0.29) is 11.7 Å². The maximum atomic E-state index is 12.8. The average Bonchev–Trinajstić information content (AvgIpc) is 2.42. The smallest absolute Gasteiger partial charge is 0.234 e. The highest BCUT2D eigenvalue weighted by molar-refractivity contribution is 8.00. The molecule has 0 heterocycles. The summed E-state index contributed by atoms with van der Waals surface area (Å²) >= 11 is 1.39. The van der Waals surface area contributed by atoms with Crippen molar-refractivity contribution in [3.8, 4) is 0 Å². The number of hydrogen-bond acceptors (Lipinski definition) is 2. The number of anilines is 1. The molecule has 0 aliphatic heterocycles. The van der Waals surface area contributed by atoms with Gasteiger partial charge in [-0.3, -0.25) is 4.79 Å². The van der Waals surface area contributed by atoms with E-state index in [0.29, 0.717) is 5.75 Å². The van der Waals surface area contributed by atoms with Crippen molar-refractivity contribution in [1.82, 2.24) is 0 Å². The number of benzene rings is 2. The Kier molecular flexibility index (Phi) is 4.79. The van der Waals surface area contributed by atoms with Gasteiger partial charge in [0.1, 0.15) is 5.82 Å². The number of thioether (sulfide) groups is 1. The molecule has 0 saturated heterocycles. The summed E-state index contributed by atoms with van der Waals surface area (Å²) in [6.45, 7) is 3.94. The molecule has 4 heteroatoms. The monoisotopic (exact) mass is 289 g/mol. The molecule has 2 aromatic rings. The first-order valence-corrected chi connectivity index (χ1v) is 7.29. The lowest BCUT2D eigenvalue weighted by molar-refractivity contribution is -0.113. The van der Waals surface area contributed by atoms with Crippen LogP contribution in [0.5, 0.6) is 0 Å². The van der Waals surface area contributed by atoms with E-state index in [4.69, 9.17) is 0 Å². The van der Waals surface area contributed by atoms with Crippen LogP contribution in [0.1, 0.15) is 11.1 Å². The number of carbonyl (C=O) groups excluding carboxylic acids is 1. The largest absolute Gasteiger partial charge is 0.325 e. The lowest BCUT2D eigenvalue weighted by Gasteiger charge is -2.11. The van der Waals surface area contributed by atoms with E-state index in [1.54, 1.807) is 12.1 Å².